The highest BCUT2D eigenvalue weighted by Gasteiger charge is 2.27. The molecule has 0 fully saturated rings. The average molecular weight is 331 g/mol. The molecular weight excluding hydrogens is 319 g/mol. The highest BCUT2D eigenvalue weighted by Crippen LogP contribution is 2.29. The van der Waals surface area contributed by atoms with Gasteiger partial charge in [0.2, 0.25) is 0 Å². The summed E-state index contributed by atoms with van der Waals surface area (Å²) in [4.78, 5) is 13.8. The molecule has 21 heavy (non-hydrogen) atoms. The van der Waals surface area contributed by atoms with Crippen molar-refractivity contribution < 1.29 is 13.2 Å². The highest BCUT2D eigenvalue weighted by molar-refractivity contribution is 7.99. The molecule has 0 atom stereocenters. The molecule has 8 heteroatoms. The van der Waals surface area contributed by atoms with Crippen LogP contribution in [0.3, 0.4) is 0 Å². The van der Waals surface area contributed by atoms with E-state index in [0.717, 1.165) is 10.6 Å². The average Bonchev–Trinajstić information content (AvgIpc) is 2.46. The van der Waals surface area contributed by atoms with E-state index in [0.29, 0.717) is 28.2 Å². The number of pyridine rings is 1. The van der Waals surface area contributed by atoms with Gasteiger partial charge in [0, 0.05) is 28.4 Å². The minimum absolute atomic E-state index is 0.386. The van der Waals surface area contributed by atoms with Crippen LogP contribution in [0.4, 0.5) is 13.2 Å². The summed E-state index contributed by atoms with van der Waals surface area (Å²) in [6.45, 7) is 2.03. The molecule has 0 unspecified atom stereocenters. The van der Waals surface area contributed by atoms with Crippen LogP contribution in [0.1, 0.15) is 6.92 Å². The van der Waals surface area contributed by atoms with E-state index in [2.05, 4.69) is 15.0 Å². The predicted molar refractivity (Wildman–Crippen MR) is 78.4 cm³/mol. The van der Waals surface area contributed by atoms with Gasteiger partial charge in [-0.3, -0.25) is 4.98 Å². The number of hydrogen-bond donors (Lipinski definition) is 0. The van der Waals surface area contributed by atoms with Gasteiger partial charge in [0.15, 0.2) is 5.82 Å². The van der Waals surface area contributed by atoms with Gasteiger partial charge in [0.05, 0.1) is 5.75 Å². The van der Waals surface area contributed by atoms with Crippen LogP contribution in [0, 0.1) is 0 Å². The Kier molecular flexibility index (Phi) is 5.46. The Morgan fingerprint density at radius 1 is 1.10 bits per heavy atom. The van der Waals surface area contributed by atoms with Crippen molar-refractivity contribution in [2.45, 2.75) is 22.9 Å². The maximum absolute atomic E-state index is 12.1. The molecule has 0 spiro atoms. The minimum Gasteiger partial charge on any atom is -0.252 e. The third-order valence-electron chi connectivity index (χ3n) is 2.31. The smallest absolute Gasteiger partial charge is 0.252 e. The number of rotatable bonds is 5. The van der Waals surface area contributed by atoms with Crippen LogP contribution in [0.2, 0.25) is 0 Å². The number of aromatic nitrogens is 3. The molecule has 2 heterocycles. The second-order valence-corrected chi connectivity index (χ2v) is 6.28. The quantitative estimate of drug-likeness (QED) is 0.764. The SMILES string of the molecule is CCSc1cccnc1-c1ncc(SCC(F)(F)F)cn1. The van der Waals surface area contributed by atoms with Crippen molar-refractivity contribution in [3.05, 3.63) is 30.7 Å². The Bertz CT molecular complexity index is 588. The van der Waals surface area contributed by atoms with E-state index in [4.69, 9.17) is 0 Å². The van der Waals surface area contributed by atoms with Crippen molar-refractivity contribution in [3.8, 4) is 11.5 Å². The number of thioether (sulfide) groups is 2. The molecule has 0 amide bonds. The number of nitrogens with zero attached hydrogens (tertiary/aromatic N) is 3. The van der Waals surface area contributed by atoms with Gasteiger partial charge >= 0.3 is 6.18 Å². The summed E-state index contributed by atoms with van der Waals surface area (Å²) >= 11 is 2.29. The van der Waals surface area contributed by atoms with Gasteiger partial charge in [-0.05, 0) is 17.9 Å². The van der Waals surface area contributed by atoms with Crippen molar-refractivity contribution in [2.24, 2.45) is 0 Å². The first-order chi connectivity index (χ1) is 9.99. The molecule has 0 aliphatic rings. The Morgan fingerprint density at radius 2 is 1.81 bits per heavy atom. The number of hydrogen-bond acceptors (Lipinski definition) is 5. The van der Waals surface area contributed by atoms with E-state index >= 15 is 0 Å². The van der Waals surface area contributed by atoms with Gasteiger partial charge < -0.3 is 0 Å². The van der Waals surface area contributed by atoms with Gasteiger partial charge in [-0.2, -0.15) is 13.2 Å². The fourth-order valence-corrected chi connectivity index (χ4v) is 2.86. The molecule has 2 aromatic heterocycles. The maximum Gasteiger partial charge on any atom is 0.398 e. The van der Waals surface area contributed by atoms with E-state index in [1.165, 1.54) is 12.4 Å². The molecule has 0 saturated heterocycles. The highest BCUT2D eigenvalue weighted by atomic mass is 32.2. The van der Waals surface area contributed by atoms with Crippen LogP contribution >= 0.6 is 23.5 Å². The summed E-state index contributed by atoms with van der Waals surface area (Å²) < 4.78 is 36.4. The number of halogens is 3. The molecule has 0 aromatic carbocycles. The van der Waals surface area contributed by atoms with Gasteiger partial charge in [-0.25, -0.2) is 9.97 Å². The van der Waals surface area contributed by atoms with Crippen LogP contribution in [-0.4, -0.2) is 32.6 Å². The van der Waals surface area contributed by atoms with Gasteiger partial charge in [0.25, 0.3) is 0 Å². The van der Waals surface area contributed by atoms with Crippen LogP contribution in [-0.2, 0) is 0 Å². The van der Waals surface area contributed by atoms with E-state index in [9.17, 15) is 13.2 Å². The lowest BCUT2D eigenvalue weighted by molar-refractivity contribution is -0.105. The van der Waals surface area contributed by atoms with E-state index in [1.54, 1.807) is 18.0 Å². The Balaban J connectivity index is 2.15. The van der Waals surface area contributed by atoms with Crippen molar-refractivity contribution in [1.82, 2.24) is 15.0 Å². The van der Waals surface area contributed by atoms with Crippen molar-refractivity contribution in [1.29, 1.82) is 0 Å². The second-order valence-electron chi connectivity index (χ2n) is 3.93. The standard InChI is InChI=1S/C13H12F3N3S2/c1-2-20-10-4-3-5-17-11(10)12-18-6-9(7-19-12)21-8-13(14,15)16/h3-7H,2,8H2,1H3. The summed E-state index contributed by atoms with van der Waals surface area (Å²) in [5.74, 6) is 0.358. The third kappa shape index (κ3) is 4.89. The van der Waals surface area contributed by atoms with Crippen LogP contribution in [0.25, 0.3) is 11.5 Å². The zero-order chi connectivity index (χ0) is 15.3. The fourth-order valence-electron chi connectivity index (χ4n) is 1.51. The first kappa shape index (κ1) is 16.1. The molecule has 112 valence electrons. The third-order valence-corrected chi connectivity index (χ3v) is 4.26. The topological polar surface area (TPSA) is 38.7 Å². The van der Waals surface area contributed by atoms with Gasteiger partial charge in [-0.1, -0.05) is 6.92 Å². The first-order valence-corrected chi connectivity index (χ1v) is 8.06. The summed E-state index contributed by atoms with van der Waals surface area (Å²) in [6, 6.07) is 3.75. The van der Waals surface area contributed by atoms with Gasteiger partial charge in [-0.15, -0.1) is 23.5 Å². The van der Waals surface area contributed by atoms with E-state index < -0.39 is 11.9 Å². The van der Waals surface area contributed by atoms with Gasteiger partial charge in [0.1, 0.15) is 5.69 Å². The summed E-state index contributed by atoms with van der Waals surface area (Å²) in [6.07, 6.45) is 0.238. The lowest BCUT2D eigenvalue weighted by atomic mass is 10.3. The molecule has 3 nitrogen and oxygen atoms in total. The predicted octanol–water partition coefficient (Wildman–Crippen LogP) is 4.31. The largest absolute Gasteiger partial charge is 0.398 e. The number of alkyl halides is 3. The molecule has 0 aliphatic carbocycles. The summed E-state index contributed by atoms with van der Waals surface area (Å²) in [5.41, 5.74) is 0.650. The van der Waals surface area contributed by atoms with Crippen LogP contribution in [0.15, 0.2) is 40.5 Å². The van der Waals surface area contributed by atoms with Crippen molar-refractivity contribution in [2.75, 3.05) is 11.5 Å². The van der Waals surface area contributed by atoms with E-state index in [1.807, 2.05) is 19.1 Å². The molecule has 0 N–H and O–H groups in total. The minimum atomic E-state index is -4.20. The normalized spacial score (nSPS) is 11.6. The molecule has 0 radical (unpaired) electrons. The molecular formula is C13H12F3N3S2. The monoisotopic (exact) mass is 331 g/mol. The first-order valence-electron chi connectivity index (χ1n) is 6.09. The Hall–Kier alpha value is -1.28. The Labute approximate surface area is 128 Å². The van der Waals surface area contributed by atoms with Crippen LogP contribution < -0.4 is 0 Å². The fraction of sp³-hybridized carbons (Fsp3) is 0.308. The zero-order valence-corrected chi connectivity index (χ0v) is 12.7. The second kappa shape index (κ2) is 7.13. The molecule has 0 aliphatic heterocycles. The summed E-state index contributed by atoms with van der Waals surface area (Å²) in [7, 11) is 0. The zero-order valence-electron chi connectivity index (χ0n) is 11.1. The van der Waals surface area contributed by atoms with Crippen molar-refractivity contribution in [3.63, 3.8) is 0 Å². The molecule has 0 bridgehead atoms. The maximum atomic E-state index is 12.1. The molecule has 2 rings (SSSR count). The lowest BCUT2D eigenvalue weighted by Crippen LogP contribution is -2.10. The van der Waals surface area contributed by atoms with E-state index in [-0.39, 0.29) is 0 Å². The molecule has 2 aromatic rings. The van der Waals surface area contributed by atoms with Crippen molar-refractivity contribution >= 4 is 23.5 Å². The summed E-state index contributed by atoms with van der Waals surface area (Å²) in [5, 5.41) is 0. The molecule has 0 saturated carbocycles. The lowest BCUT2D eigenvalue weighted by Gasteiger charge is -2.07. The van der Waals surface area contributed by atoms with Crippen LogP contribution in [0.5, 0.6) is 0 Å². The Morgan fingerprint density at radius 3 is 2.43 bits per heavy atom.